The highest BCUT2D eigenvalue weighted by Crippen LogP contribution is 2.17. The van der Waals surface area contributed by atoms with Crippen LogP contribution in [0.2, 0.25) is 0 Å². The number of hydrogen-bond donors (Lipinski definition) is 2. The highest BCUT2D eigenvalue weighted by atomic mass is 32.2. The minimum Gasteiger partial charge on any atom is -0.314 e. The highest BCUT2D eigenvalue weighted by Gasteiger charge is 2.17. The van der Waals surface area contributed by atoms with E-state index in [-0.39, 0.29) is 6.04 Å². The Bertz CT molecular complexity index is 486. The first-order valence-electron chi connectivity index (χ1n) is 6.82. The molecule has 4 nitrogen and oxygen atoms in total. The molecule has 0 spiro atoms. The molecule has 0 aliphatic rings. The molecule has 0 heterocycles. The first kappa shape index (κ1) is 16.1. The van der Waals surface area contributed by atoms with Crippen molar-refractivity contribution in [1.82, 2.24) is 10.0 Å². The zero-order valence-electron chi connectivity index (χ0n) is 11.9. The van der Waals surface area contributed by atoms with Crippen molar-refractivity contribution in [1.29, 1.82) is 0 Å². The van der Waals surface area contributed by atoms with Gasteiger partial charge in [-0.25, -0.2) is 13.1 Å². The first-order chi connectivity index (χ1) is 9.01. The second kappa shape index (κ2) is 7.62. The molecular formula is C14H24N2O2S. The summed E-state index contributed by atoms with van der Waals surface area (Å²) >= 11 is 0. The molecule has 1 rings (SSSR count). The fraction of sp³-hybridized carbons (Fsp3) is 0.571. The van der Waals surface area contributed by atoms with Crippen molar-refractivity contribution in [3.05, 3.63) is 29.8 Å². The first-order valence-corrected chi connectivity index (χ1v) is 8.30. The summed E-state index contributed by atoms with van der Waals surface area (Å²) in [6.45, 7) is 7.32. The van der Waals surface area contributed by atoms with Gasteiger partial charge in [-0.05, 0) is 37.9 Å². The van der Waals surface area contributed by atoms with Crippen LogP contribution in [0.25, 0.3) is 0 Å². The van der Waals surface area contributed by atoms with E-state index in [9.17, 15) is 8.42 Å². The highest BCUT2D eigenvalue weighted by molar-refractivity contribution is 7.89. The number of benzene rings is 1. The molecule has 0 radical (unpaired) electrons. The van der Waals surface area contributed by atoms with Crippen molar-refractivity contribution in [2.45, 2.75) is 44.6 Å². The van der Waals surface area contributed by atoms with Gasteiger partial charge in [-0.3, -0.25) is 0 Å². The van der Waals surface area contributed by atoms with Gasteiger partial charge in [0.1, 0.15) is 0 Å². The van der Waals surface area contributed by atoms with E-state index >= 15 is 0 Å². The van der Waals surface area contributed by atoms with Gasteiger partial charge in [0.05, 0.1) is 4.90 Å². The number of sulfonamides is 1. The van der Waals surface area contributed by atoms with E-state index in [4.69, 9.17) is 0 Å². The molecule has 5 heteroatoms. The maximum Gasteiger partial charge on any atom is 0.240 e. The van der Waals surface area contributed by atoms with Crippen LogP contribution in [0.1, 0.15) is 32.8 Å². The lowest BCUT2D eigenvalue weighted by atomic mass is 10.1. The van der Waals surface area contributed by atoms with Gasteiger partial charge >= 0.3 is 0 Å². The van der Waals surface area contributed by atoms with Crippen LogP contribution in [0.5, 0.6) is 0 Å². The molecule has 0 aliphatic heterocycles. The third-order valence-electron chi connectivity index (χ3n) is 2.87. The summed E-state index contributed by atoms with van der Waals surface area (Å²) in [4.78, 5) is 0.391. The predicted octanol–water partition coefficient (Wildman–Crippen LogP) is 1.92. The minimum absolute atomic E-state index is 0.262. The molecule has 1 unspecified atom stereocenters. The molecule has 0 amide bonds. The Balaban J connectivity index is 2.90. The molecule has 108 valence electrons. The van der Waals surface area contributed by atoms with Crippen LogP contribution in [0, 0.1) is 0 Å². The van der Waals surface area contributed by atoms with Crippen molar-refractivity contribution >= 4 is 10.0 Å². The minimum atomic E-state index is -3.38. The number of nitrogens with one attached hydrogen (secondary N) is 2. The third-order valence-corrected chi connectivity index (χ3v) is 4.51. The quantitative estimate of drug-likeness (QED) is 0.767. The van der Waals surface area contributed by atoms with Gasteiger partial charge in [0, 0.05) is 12.6 Å². The van der Waals surface area contributed by atoms with Crippen LogP contribution >= 0.6 is 0 Å². The largest absolute Gasteiger partial charge is 0.314 e. The Morgan fingerprint density at radius 2 is 1.89 bits per heavy atom. The van der Waals surface area contributed by atoms with Crippen LogP contribution in [0.15, 0.2) is 29.2 Å². The normalized spacial score (nSPS) is 13.4. The molecule has 0 aliphatic carbocycles. The zero-order valence-corrected chi connectivity index (χ0v) is 12.8. The van der Waals surface area contributed by atoms with Crippen LogP contribution < -0.4 is 10.0 Å². The standard InChI is InChI=1S/C14H24N2O2S/c1-4-10-15-12(3)11-13-8-6-7-9-14(13)19(17,18)16-5-2/h6-9,12,15-16H,4-5,10-11H2,1-3H3. The number of rotatable bonds is 8. The average molecular weight is 284 g/mol. The van der Waals surface area contributed by atoms with Crippen LogP contribution in [0.3, 0.4) is 0 Å². The molecule has 0 saturated carbocycles. The monoisotopic (exact) mass is 284 g/mol. The fourth-order valence-corrected chi connectivity index (χ4v) is 3.28. The molecular weight excluding hydrogens is 260 g/mol. The van der Waals surface area contributed by atoms with E-state index in [1.165, 1.54) is 0 Å². The Morgan fingerprint density at radius 1 is 1.21 bits per heavy atom. The lowest BCUT2D eigenvalue weighted by molar-refractivity contribution is 0.538. The van der Waals surface area contributed by atoms with Crippen LogP contribution in [0.4, 0.5) is 0 Å². The van der Waals surface area contributed by atoms with E-state index in [1.807, 2.05) is 12.1 Å². The van der Waals surface area contributed by atoms with Gasteiger partial charge in [-0.15, -0.1) is 0 Å². The maximum atomic E-state index is 12.1. The summed E-state index contributed by atoms with van der Waals surface area (Å²) in [5.41, 5.74) is 0.861. The summed E-state index contributed by atoms with van der Waals surface area (Å²) in [6, 6.07) is 7.46. The fourth-order valence-electron chi connectivity index (χ4n) is 2.00. The van der Waals surface area contributed by atoms with Crippen molar-refractivity contribution in [3.63, 3.8) is 0 Å². The molecule has 0 bridgehead atoms. The molecule has 0 fully saturated rings. The van der Waals surface area contributed by atoms with E-state index < -0.39 is 10.0 Å². The van der Waals surface area contributed by atoms with Gasteiger partial charge < -0.3 is 5.32 Å². The molecule has 0 saturated heterocycles. The SMILES string of the molecule is CCCNC(C)Cc1ccccc1S(=O)(=O)NCC. The lowest BCUT2D eigenvalue weighted by Crippen LogP contribution is -2.30. The van der Waals surface area contributed by atoms with Gasteiger partial charge in [0.2, 0.25) is 10.0 Å². The molecule has 0 aromatic heterocycles. The molecule has 1 atom stereocenters. The van der Waals surface area contributed by atoms with Gasteiger partial charge in [0.15, 0.2) is 0 Å². The second-order valence-corrected chi connectivity index (χ2v) is 6.40. The summed E-state index contributed by atoms with van der Waals surface area (Å²) in [7, 11) is -3.38. The Morgan fingerprint density at radius 3 is 2.53 bits per heavy atom. The summed E-state index contributed by atoms with van der Waals surface area (Å²) in [5.74, 6) is 0. The molecule has 1 aromatic rings. The van der Waals surface area contributed by atoms with E-state index in [0.29, 0.717) is 17.9 Å². The van der Waals surface area contributed by atoms with Crippen molar-refractivity contribution in [3.8, 4) is 0 Å². The van der Waals surface area contributed by atoms with Crippen molar-refractivity contribution in [2.75, 3.05) is 13.1 Å². The Hall–Kier alpha value is -0.910. The van der Waals surface area contributed by atoms with Crippen LogP contribution in [-0.4, -0.2) is 27.5 Å². The Kier molecular flexibility index (Phi) is 6.48. The summed E-state index contributed by atoms with van der Waals surface area (Å²) in [6.07, 6.45) is 1.78. The van der Waals surface area contributed by atoms with Crippen molar-refractivity contribution < 1.29 is 8.42 Å². The van der Waals surface area contributed by atoms with Gasteiger partial charge in [-0.1, -0.05) is 32.0 Å². The van der Waals surface area contributed by atoms with E-state index in [0.717, 1.165) is 18.5 Å². The van der Waals surface area contributed by atoms with Crippen molar-refractivity contribution in [2.24, 2.45) is 0 Å². The molecule has 1 aromatic carbocycles. The van der Waals surface area contributed by atoms with Crippen LogP contribution in [-0.2, 0) is 16.4 Å². The smallest absolute Gasteiger partial charge is 0.240 e. The van der Waals surface area contributed by atoms with Gasteiger partial charge in [-0.2, -0.15) is 0 Å². The molecule has 19 heavy (non-hydrogen) atoms. The second-order valence-electron chi connectivity index (χ2n) is 4.67. The summed E-state index contributed by atoms with van der Waals surface area (Å²) < 4.78 is 26.8. The zero-order chi connectivity index (χ0) is 14.3. The predicted molar refractivity (Wildman–Crippen MR) is 78.8 cm³/mol. The average Bonchev–Trinajstić information content (AvgIpc) is 2.36. The van der Waals surface area contributed by atoms with E-state index in [1.54, 1.807) is 19.1 Å². The molecule has 2 N–H and O–H groups in total. The Labute approximate surface area is 116 Å². The summed E-state index contributed by atoms with van der Waals surface area (Å²) in [5, 5.41) is 3.38. The third kappa shape index (κ3) is 4.93. The van der Waals surface area contributed by atoms with Gasteiger partial charge in [0.25, 0.3) is 0 Å². The van der Waals surface area contributed by atoms with E-state index in [2.05, 4.69) is 23.9 Å². The lowest BCUT2D eigenvalue weighted by Gasteiger charge is -2.16. The maximum absolute atomic E-state index is 12.1. The topological polar surface area (TPSA) is 58.2 Å². The number of hydrogen-bond acceptors (Lipinski definition) is 3.